The third kappa shape index (κ3) is 11.4. The Morgan fingerprint density at radius 1 is 1.27 bits per heavy atom. The number of hydrogen-bond donors (Lipinski definition) is 3. The molecule has 1 aromatic heterocycles. The summed E-state index contributed by atoms with van der Waals surface area (Å²) in [5.41, 5.74) is 3.84. The Bertz CT molecular complexity index is 1460. The van der Waals surface area contributed by atoms with Gasteiger partial charge in [0.15, 0.2) is 5.82 Å². The zero-order valence-electron chi connectivity index (χ0n) is 31.0. The van der Waals surface area contributed by atoms with E-state index in [2.05, 4.69) is 52.9 Å². The Balaban J connectivity index is 0.000000636. The molecule has 0 spiro atoms. The first-order valence-electron chi connectivity index (χ1n) is 17.8. The number of aromatic nitrogens is 2. The number of halogens is 3. The Morgan fingerprint density at radius 3 is 2.59 bits per heavy atom. The van der Waals surface area contributed by atoms with Gasteiger partial charge in [0.25, 0.3) is 0 Å². The van der Waals surface area contributed by atoms with Crippen LogP contribution in [0.15, 0.2) is 41.9 Å². The van der Waals surface area contributed by atoms with E-state index in [1.807, 2.05) is 13.8 Å². The zero-order valence-corrected chi connectivity index (χ0v) is 31.7. The summed E-state index contributed by atoms with van der Waals surface area (Å²) >= 11 is 6.95. The molecule has 10 heteroatoms. The van der Waals surface area contributed by atoms with Crippen LogP contribution in [0.5, 0.6) is 6.01 Å². The lowest BCUT2D eigenvalue weighted by Gasteiger charge is -2.24. The first-order chi connectivity index (χ1) is 23.6. The topological polar surface area (TPSA) is 86.2 Å². The summed E-state index contributed by atoms with van der Waals surface area (Å²) in [5.74, 6) is 0.300. The molecule has 0 radical (unpaired) electrons. The van der Waals surface area contributed by atoms with Crippen LogP contribution >= 0.6 is 11.6 Å². The van der Waals surface area contributed by atoms with Gasteiger partial charge in [0.05, 0.1) is 24.2 Å². The summed E-state index contributed by atoms with van der Waals surface area (Å²) in [4.78, 5) is 11.3. The van der Waals surface area contributed by atoms with Crippen LogP contribution in [0.25, 0.3) is 17.0 Å². The fourth-order valence-electron chi connectivity index (χ4n) is 6.55. The molecule has 0 bridgehead atoms. The number of methoxy groups -OCH3 is 1. The standard InChI is InChI=1S/C29H40ClF2N5O.C8H13N.C2H6/c1-7-14-35-17-21(18(3)8-2)11-12-22-25-19(4)36-29(38-6)37-28(25)27(32)23(26(22)30)15-24(34-5)20(16-33)10-9-13-31;1-7-5-8-3-2-4-9(8)6-7;1-2/h9-10,13,15-16,18,21,33-35H,7-8,11-12,14,17H2,1-6H3;8H,1-6H2;1-2H3/b13-9+,20-10-,24-15-,33-16?;;/t18?,21-;;/m1../s1. The van der Waals surface area contributed by atoms with Crippen molar-refractivity contribution in [2.24, 2.45) is 11.8 Å². The third-order valence-corrected chi connectivity index (χ3v) is 9.80. The molecule has 2 aliphatic rings. The summed E-state index contributed by atoms with van der Waals surface area (Å²) in [7, 11) is 3.08. The third-order valence-electron chi connectivity index (χ3n) is 9.37. The first kappa shape index (κ1) is 42.0. The first-order valence-corrected chi connectivity index (χ1v) is 18.2. The van der Waals surface area contributed by atoms with Crippen molar-refractivity contribution < 1.29 is 13.5 Å². The maximum absolute atomic E-state index is 16.0. The second kappa shape index (κ2) is 21.8. The Hall–Kier alpha value is -3.14. The van der Waals surface area contributed by atoms with E-state index in [1.54, 1.807) is 14.0 Å². The summed E-state index contributed by atoms with van der Waals surface area (Å²) in [6, 6.07) is 0.956. The number of ether oxygens (including phenoxy) is 1. The lowest BCUT2D eigenvalue weighted by atomic mass is 9.85. The molecule has 0 aliphatic carbocycles. The predicted molar refractivity (Wildman–Crippen MR) is 204 cm³/mol. The molecule has 3 N–H and O–H groups in total. The van der Waals surface area contributed by atoms with Crippen LogP contribution in [0.2, 0.25) is 5.02 Å². The minimum Gasteiger partial charge on any atom is -0.467 e. The van der Waals surface area contributed by atoms with Crippen molar-refractivity contribution in [3.8, 4) is 6.01 Å². The lowest BCUT2D eigenvalue weighted by molar-refractivity contribution is 0.313. The molecule has 2 fully saturated rings. The Morgan fingerprint density at radius 2 is 2.00 bits per heavy atom. The van der Waals surface area contributed by atoms with E-state index in [0.29, 0.717) is 46.9 Å². The van der Waals surface area contributed by atoms with Crippen LogP contribution in [-0.4, -0.2) is 67.5 Å². The number of nitrogens with one attached hydrogen (secondary N) is 3. The van der Waals surface area contributed by atoms with Crippen molar-refractivity contribution in [2.45, 2.75) is 92.5 Å². The van der Waals surface area contributed by atoms with Crippen LogP contribution < -0.4 is 15.4 Å². The quantitative estimate of drug-likeness (QED) is 0.0743. The van der Waals surface area contributed by atoms with Crippen molar-refractivity contribution in [3.63, 3.8) is 0 Å². The highest BCUT2D eigenvalue weighted by atomic mass is 35.5. The number of allylic oxidation sites excluding steroid dienone is 3. The van der Waals surface area contributed by atoms with E-state index >= 15 is 4.39 Å². The molecule has 0 saturated carbocycles. The number of nitrogens with zero attached hydrogens (tertiary/aromatic N) is 3. The van der Waals surface area contributed by atoms with Gasteiger partial charge >= 0.3 is 6.01 Å². The van der Waals surface area contributed by atoms with Gasteiger partial charge in [0, 0.05) is 48.1 Å². The van der Waals surface area contributed by atoms with Gasteiger partial charge < -0.3 is 20.8 Å². The van der Waals surface area contributed by atoms with Gasteiger partial charge in [-0.25, -0.2) is 8.78 Å². The second-order valence-corrected chi connectivity index (χ2v) is 12.9. The Labute approximate surface area is 298 Å². The van der Waals surface area contributed by atoms with Gasteiger partial charge in [0.1, 0.15) is 5.52 Å². The van der Waals surface area contributed by atoms with Crippen LogP contribution in [-0.2, 0) is 6.42 Å². The number of rotatable bonds is 15. The molecule has 49 heavy (non-hydrogen) atoms. The number of fused-ring (bicyclic) bond motifs is 2. The SMILES string of the molecule is C=C1CC2CCCN2C1.CC.CCCNC[C@@H](CCc1c(Cl)c(/C=C(NC)/C(C=N)=C\C=C\F)c(F)c2nc(OC)nc(C)c12)C(C)CC. The van der Waals surface area contributed by atoms with E-state index in [1.165, 1.54) is 63.3 Å². The number of hydrogen-bond acceptors (Lipinski definition) is 7. The maximum atomic E-state index is 16.0. The lowest BCUT2D eigenvalue weighted by Crippen LogP contribution is -2.28. The molecule has 2 unspecified atom stereocenters. The van der Waals surface area contributed by atoms with Gasteiger partial charge in [-0.1, -0.05) is 64.8 Å². The fraction of sp³-hybridized carbons (Fsp3) is 0.564. The van der Waals surface area contributed by atoms with Gasteiger partial charge in [-0.3, -0.25) is 4.90 Å². The largest absolute Gasteiger partial charge is 0.467 e. The van der Waals surface area contributed by atoms with E-state index in [0.717, 1.165) is 50.2 Å². The summed E-state index contributed by atoms with van der Waals surface area (Å²) in [6.07, 6.45) is 13.2. The minimum absolute atomic E-state index is 0.0698. The maximum Gasteiger partial charge on any atom is 0.316 e. The summed E-state index contributed by atoms with van der Waals surface area (Å²) < 4.78 is 33.9. The molecule has 272 valence electrons. The number of benzene rings is 1. The zero-order chi connectivity index (χ0) is 36.5. The van der Waals surface area contributed by atoms with Crippen molar-refractivity contribution >= 4 is 34.8 Å². The highest BCUT2D eigenvalue weighted by molar-refractivity contribution is 6.34. The van der Waals surface area contributed by atoms with Crippen LogP contribution in [0, 0.1) is 30.0 Å². The fourth-order valence-corrected chi connectivity index (χ4v) is 6.88. The van der Waals surface area contributed by atoms with E-state index in [4.69, 9.17) is 21.7 Å². The molecular weight excluding hydrogens is 642 g/mol. The number of likely N-dealkylation sites (N-methyl/N-ethyl adjacent to an activating group) is 1. The molecular formula is C39H59ClF2N6O. The van der Waals surface area contributed by atoms with Gasteiger partial charge in [0.2, 0.25) is 0 Å². The molecule has 7 nitrogen and oxygen atoms in total. The van der Waals surface area contributed by atoms with E-state index in [-0.39, 0.29) is 22.1 Å². The van der Waals surface area contributed by atoms with E-state index in [9.17, 15) is 4.39 Å². The Kier molecular flexibility index (Phi) is 18.7. The summed E-state index contributed by atoms with van der Waals surface area (Å²) in [6.45, 7) is 20.8. The molecule has 3 atom stereocenters. The number of aryl methyl sites for hydroxylation is 2. The smallest absolute Gasteiger partial charge is 0.316 e. The molecule has 2 saturated heterocycles. The van der Waals surface area contributed by atoms with Crippen molar-refractivity contribution in [1.29, 1.82) is 5.41 Å². The molecule has 2 aromatic rings. The van der Waals surface area contributed by atoms with Crippen molar-refractivity contribution in [3.05, 3.63) is 69.6 Å². The monoisotopic (exact) mass is 700 g/mol. The molecule has 1 aromatic carbocycles. The van der Waals surface area contributed by atoms with Crippen molar-refractivity contribution in [2.75, 3.05) is 40.3 Å². The van der Waals surface area contributed by atoms with E-state index < -0.39 is 5.82 Å². The highest BCUT2D eigenvalue weighted by Gasteiger charge is 2.30. The molecule has 4 rings (SSSR count). The predicted octanol–water partition coefficient (Wildman–Crippen LogP) is 9.39. The normalized spacial score (nSPS) is 17.7. The summed E-state index contributed by atoms with van der Waals surface area (Å²) in [5, 5.41) is 15.1. The average Bonchev–Trinajstić information content (AvgIpc) is 3.70. The molecule has 3 heterocycles. The van der Waals surface area contributed by atoms with Crippen molar-refractivity contribution in [1.82, 2.24) is 25.5 Å². The van der Waals surface area contributed by atoms with Gasteiger partial charge in [-0.2, -0.15) is 9.97 Å². The second-order valence-electron chi connectivity index (χ2n) is 12.5. The highest BCUT2D eigenvalue weighted by Crippen LogP contribution is 2.38. The molecule has 0 amide bonds. The van der Waals surface area contributed by atoms with Crippen LogP contribution in [0.4, 0.5) is 8.78 Å². The molecule has 2 aliphatic heterocycles. The van der Waals surface area contributed by atoms with Crippen LogP contribution in [0.3, 0.4) is 0 Å². The van der Waals surface area contributed by atoms with Gasteiger partial charge in [-0.05, 0) is 101 Å². The van der Waals surface area contributed by atoms with Gasteiger partial charge in [-0.15, -0.1) is 0 Å². The average molecular weight is 701 g/mol. The van der Waals surface area contributed by atoms with Crippen LogP contribution in [0.1, 0.15) is 90.0 Å². The minimum atomic E-state index is -0.612.